The minimum atomic E-state index is -1.05. The minimum Gasteiger partial charge on any atom is -0.482 e. The predicted octanol–water partition coefficient (Wildman–Crippen LogP) is 3.11. The van der Waals surface area contributed by atoms with Crippen molar-refractivity contribution in [1.82, 2.24) is 0 Å². The number of nitrogens with one attached hydrogen (secondary N) is 1. The van der Waals surface area contributed by atoms with E-state index in [0.29, 0.717) is 23.0 Å². The first-order valence-electron chi connectivity index (χ1n) is 9.47. The summed E-state index contributed by atoms with van der Waals surface area (Å²) < 4.78 is 10.7. The average Bonchev–Trinajstić information content (AvgIpc) is 2.71. The molecule has 29 heavy (non-hydrogen) atoms. The van der Waals surface area contributed by atoms with Gasteiger partial charge in [0.05, 0.1) is 11.4 Å². The van der Waals surface area contributed by atoms with Crippen LogP contribution in [-0.2, 0) is 19.1 Å². The van der Waals surface area contributed by atoms with Crippen molar-refractivity contribution in [3.8, 4) is 5.75 Å². The van der Waals surface area contributed by atoms with Gasteiger partial charge in [-0.1, -0.05) is 38.1 Å². The molecule has 0 spiro atoms. The Morgan fingerprint density at radius 2 is 1.76 bits per heavy atom. The third-order valence-electron chi connectivity index (χ3n) is 4.60. The van der Waals surface area contributed by atoms with E-state index in [4.69, 9.17) is 9.47 Å². The second kappa shape index (κ2) is 8.77. The zero-order valence-corrected chi connectivity index (χ0v) is 16.7. The molecular weight excluding hydrogens is 372 g/mol. The van der Waals surface area contributed by atoms with Gasteiger partial charge in [0.15, 0.2) is 12.7 Å². The lowest BCUT2D eigenvalue weighted by Crippen LogP contribution is -2.47. The summed E-state index contributed by atoms with van der Waals surface area (Å²) in [6.45, 7) is 5.23. The van der Waals surface area contributed by atoms with E-state index in [1.807, 2.05) is 12.1 Å². The molecular formula is C22H24N2O5. The number of fused-ring (bicyclic) bond motifs is 1. The zero-order valence-electron chi connectivity index (χ0n) is 16.7. The number of nitrogens with zero attached hydrogens (tertiary/aromatic N) is 1. The van der Waals surface area contributed by atoms with Crippen LogP contribution in [0.4, 0.5) is 11.4 Å². The van der Waals surface area contributed by atoms with Crippen LogP contribution in [0.1, 0.15) is 32.3 Å². The van der Waals surface area contributed by atoms with Gasteiger partial charge in [0.2, 0.25) is 5.91 Å². The summed E-state index contributed by atoms with van der Waals surface area (Å²) in [5, 5.41) is 2.71. The molecule has 2 aromatic rings. The summed E-state index contributed by atoms with van der Waals surface area (Å²) >= 11 is 0. The number of hydrogen-bond acceptors (Lipinski definition) is 5. The maximum Gasteiger partial charge on any atom is 0.344 e. The first-order chi connectivity index (χ1) is 13.8. The maximum atomic E-state index is 12.7. The lowest BCUT2D eigenvalue weighted by atomic mass is 10.0. The summed E-state index contributed by atoms with van der Waals surface area (Å²) in [5.41, 5.74) is 2.29. The highest BCUT2D eigenvalue weighted by Crippen LogP contribution is 2.29. The summed E-state index contributed by atoms with van der Waals surface area (Å²) in [4.78, 5) is 38.0. The molecule has 0 aromatic heterocycles. The second-order valence-corrected chi connectivity index (χ2v) is 7.13. The summed E-state index contributed by atoms with van der Waals surface area (Å²) in [7, 11) is 0. The number of para-hydroxylation sites is 2. The number of esters is 1. The topological polar surface area (TPSA) is 84.9 Å². The van der Waals surface area contributed by atoms with E-state index in [1.165, 1.54) is 17.4 Å². The Labute approximate surface area is 169 Å². The molecule has 152 valence electrons. The van der Waals surface area contributed by atoms with Crippen molar-refractivity contribution in [2.45, 2.75) is 32.8 Å². The molecule has 0 saturated heterocycles. The van der Waals surface area contributed by atoms with Crippen LogP contribution in [0.15, 0.2) is 48.5 Å². The Bertz CT molecular complexity index is 908. The number of ether oxygens (including phenoxy) is 2. The number of carbonyl (C=O) groups excluding carboxylic acids is 3. The first-order valence-corrected chi connectivity index (χ1v) is 9.47. The molecule has 7 heteroatoms. The molecule has 1 N–H and O–H groups in total. The summed E-state index contributed by atoms with van der Waals surface area (Å²) in [6.07, 6.45) is -1.05. The number of carbonyl (C=O) groups is 3. The molecule has 1 heterocycles. The van der Waals surface area contributed by atoms with Gasteiger partial charge in [0, 0.05) is 0 Å². The van der Waals surface area contributed by atoms with Gasteiger partial charge >= 0.3 is 5.97 Å². The molecule has 0 fully saturated rings. The monoisotopic (exact) mass is 396 g/mol. The highest BCUT2D eigenvalue weighted by Gasteiger charge is 2.31. The normalized spacial score (nSPS) is 14.1. The number of rotatable bonds is 6. The smallest absolute Gasteiger partial charge is 0.344 e. The number of hydrogen-bond donors (Lipinski definition) is 1. The van der Waals surface area contributed by atoms with Crippen LogP contribution >= 0.6 is 0 Å². The van der Waals surface area contributed by atoms with Crippen LogP contribution in [0.3, 0.4) is 0 Å². The quantitative estimate of drug-likeness (QED) is 0.759. The molecule has 2 aromatic carbocycles. The lowest BCUT2D eigenvalue weighted by molar-refractivity contribution is -0.155. The van der Waals surface area contributed by atoms with Crippen LogP contribution in [0.25, 0.3) is 0 Å². The van der Waals surface area contributed by atoms with E-state index in [0.717, 1.165) is 0 Å². The van der Waals surface area contributed by atoms with Crippen molar-refractivity contribution in [2.24, 2.45) is 0 Å². The Balaban J connectivity index is 1.57. The van der Waals surface area contributed by atoms with Gasteiger partial charge in [-0.05, 0) is 42.7 Å². The molecule has 7 nitrogen and oxygen atoms in total. The van der Waals surface area contributed by atoms with Crippen LogP contribution in [0.5, 0.6) is 5.75 Å². The van der Waals surface area contributed by atoms with E-state index in [2.05, 4.69) is 19.2 Å². The third kappa shape index (κ3) is 4.93. The van der Waals surface area contributed by atoms with Crippen molar-refractivity contribution < 1.29 is 23.9 Å². The van der Waals surface area contributed by atoms with Gasteiger partial charge in [0.25, 0.3) is 5.91 Å². The van der Waals surface area contributed by atoms with Gasteiger partial charge in [-0.15, -0.1) is 0 Å². The van der Waals surface area contributed by atoms with E-state index < -0.39 is 18.0 Å². The number of anilines is 2. The molecule has 0 saturated carbocycles. The fraction of sp³-hybridized carbons (Fsp3) is 0.318. The summed E-state index contributed by atoms with van der Waals surface area (Å²) in [6, 6.07) is 14.4. The predicted molar refractivity (Wildman–Crippen MR) is 109 cm³/mol. The van der Waals surface area contributed by atoms with Crippen molar-refractivity contribution in [3.63, 3.8) is 0 Å². The minimum absolute atomic E-state index is 0.129. The molecule has 0 unspecified atom stereocenters. The number of benzene rings is 2. The first kappa shape index (κ1) is 20.4. The lowest BCUT2D eigenvalue weighted by Gasteiger charge is -2.30. The SMILES string of the molecule is CC(C)c1ccc(OCC(=O)O[C@@H](C)C(=O)N2CC(=O)Nc3ccccc32)cc1. The molecule has 0 radical (unpaired) electrons. The molecule has 1 aliphatic heterocycles. The average molecular weight is 396 g/mol. The van der Waals surface area contributed by atoms with Gasteiger partial charge < -0.3 is 14.8 Å². The van der Waals surface area contributed by atoms with Crippen LogP contribution in [0, 0.1) is 0 Å². The fourth-order valence-corrected chi connectivity index (χ4v) is 3.02. The van der Waals surface area contributed by atoms with Gasteiger partial charge in [-0.25, -0.2) is 4.79 Å². The van der Waals surface area contributed by atoms with E-state index in [9.17, 15) is 14.4 Å². The maximum absolute atomic E-state index is 12.7. The standard InChI is InChI=1S/C22H24N2O5/c1-14(2)16-8-10-17(11-9-16)28-13-21(26)29-15(3)22(27)24-12-20(25)23-18-6-4-5-7-19(18)24/h4-11,14-15H,12-13H2,1-3H3,(H,23,25)/t15-/m0/s1. The van der Waals surface area contributed by atoms with Crippen LogP contribution in [-0.4, -0.2) is 37.0 Å². The Morgan fingerprint density at radius 3 is 2.45 bits per heavy atom. The summed E-state index contributed by atoms with van der Waals surface area (Å²) in [5.74, 6) is -0.478. The highest BCUT2D eigenvalue weighted by atomic mass is 16.6. The van der Waals surface area contributed by atoms with E-state index in [-0.39, 0.29) is 19.1 Å². The van der Waals surface area contributed by atoms with Crippen molar-refractivity contribution in [1.29, 1.82) is 0 Å². The highest BCUT2D eigenvalue weighted by molar-refractivity contribution is 6.11. The van der Waals surface area contributed by atoms with Crippen molar-refractivity contribution >= 4 is 29.2 Å². The van der Waals surface area contributed by atoms with E-state index >= 15 is 0 Å². The van der Waals surface area contributed by atoms with Gasteiger partial charge in [-0.3, -0.25) is 14.5 Å². The second-order valence-electron chi connectivity index (χ2n) is 7.13. The van der Waals surface area contributed by atoms with Crippen LogP contribution in [0.2, 0.25) is 0 Å². The molecule has 1 aliphatic rings. The Morgan fingerprint density at radius 1 is 1.07 bits per heavy atom. The van der Waals surface area contributed by atoms with Crippen LogP contribution < -0.4 is 15.0 Å². The van der Waals surface area contributed by atoms with Gasteiger partial charge in [0.1, 0.15) is 12.3 Å². The molecule has 1 atom stereocenters. The molecule has 0 bridgehead atoms. The van der Waals surface area contributed by atoms with Crippen molar-refractivity contribution in [2.75, 3.05) is 23.4 Å². The van der Waals surface area contributed by atoms with E-state index in [1.54, 1.807) is 36.4 Å². The largest absolute Gasteiger partial charge is 0.482 e. The van der Waals surface area contributed by atoms with Crippen molar-refractivity contribution in [3.05, 3.63) is 54.1 Å². The Hall–Kier alpha value is -3.35. The molecule has 2 amide bonds. The zero-order chi connectivity index (χ0) is 21.0. The molecule has 3 rings (SSSR count). The Kier molecular flexibility index (Phi) is 6.16. The third-order valence-corrected chi connectivity index (χ3v) is 4.60. The fourth-order valence-electron chi connectivity index (χ4n) is 3.02. The molecule has 0 aliphatic carbocycles. The van der Waals surface area contributed by atoms with Gasteiger partial charge in [-0.2, -0.15) is 0 Å². The number of amides is 2.